The van der Waals surface area contributed by atoms with Crippen LogP contribution in [0, 0.1) is 12.3 Å². The zero-order chi connectivity index (χ0) is 8.72. The van der Waals surface area contributed by atoms with Gasteiger partial charge in [0.15, 0.2) is 0 Å². The summed E-state index contributed by atoms with van der Waals surface area (Å²) in [5.41, 5.74) is 1.05. The molecule has 2 aliphatic heterocycles. The van der Waals surface area contributed by atoms with E-state index in [1.807, 2.05) is 6.92 Å². The van der Waals surface area contributed by atoms with Gasteiger partial charge in [-0.3, -0.25) is 4.79 Å². The van der Waals surface area contributed by atoms with Gasteiger partial charge in [0.1, 0.15) is 7.28 Å². The minimum atomic E-state index is 0.0625. The topological polar surface area (TPSA) is 32.7 Å². The van der Waals surface area contributed by atoms with Crippen molar-refractivity contribution in [3.63, 3.8) is 0 Å². The predicted octanol–water partition coefficient (Wildman–Crippen LogP) is 0.579. The largest absolute Gasteiger partial charge is 0.273 e. The number of nitrogens with zero attached hydrogens (tertiary/aromatic N) is 2. The standard InChI is InChI=1S/C8H11BN2O/c1-5-7-6(3-4-9-7)8(12)11(2)10-5/h3,6-7H,4H2,1-2H3. The summed E-state index contributed by atoms with van der Waals surface area (Å²) in [7, 11) is 3.88. The molecule has 0 spiro atoms. The Morgan fingerprint density at radius 3 is 3.25 bits per heavy atom. The van der Waals surface area contributed by atoms with Crippen molar-refractivity contribution in [1.82, 2.24) is 5.01 Å². The molecule has 0 N–H and O–H groups in total. The number of hydrogen-bond donors (Lipinski definition) is 0. The second-order valence-electron chi connectivity index (χ2n) is 3.36. The number of fused-ring (bicyclic) bond motifs is 1. The van der Waals surface area contributed by atoms with Crippen LogP contribution in [0.1, 0.15) is 6.92 Å². The van der Waals surface area contributed by atoms with Crippen LogP contribution in [0.2, 0.25) is 12.1 Å². The van der Waals surface area contributed by atoms with Crippen LogP contribution < -0.4 is 0 Å². The zero-order valence-electron chi connectivity index (χ0n) is 7.32. The van der Waals surface area contributed by atoms with E-state index in [0.29, 0.717) is 0 Å². The molecule has 0 bridgehead atoms. The van der Waals surface area contributed by atoms with Gasteiger partial charge in [0, 0.05) is 18.7 Å². The van der Waals surface area contributed by atoms with E-state index in [2.05, 4.69) is 18.8 Å². The number of hydrogen-bond acceptors (Lipinski definition) is 2. The maximum absolute atomic E-state index is 11.5. The van der Waals surface area contributed by atoms with Crippen LogP contribution in [0.3, 0.4) is 0 Å². The molecule has 2 rings (SSSR count). The lowest BCUT2D eigenvalue weighted by Gasteiger charge is -2.28. The molecule has 2 radical (unpaired) electrons. The first-order chi connectivity index (χ1) is 5.70. The fourth-order valence-electron chi connectivity index (χ4n) is 1.92. The Kier molecular flexibility index (Phi) is 1.70. The summed E-state index contributed by atoms with van der Waals surface area (Å²) in [5, 5.41) is 5.61. The van der Waals surface area contributed by atoms with E-state index in [1.54, 1.807) is 7.05 Å². The molecule has 1 saturated heterocycles. The summed E-state index contributed by atoms with van der Waals surface area (Å²) in [4.78, 5) is 11.5. The molecule has 4 heteroatoms. The van der Waals surface area contributed by atoms with E-state index >= 15 is 0 Å². The number of carbonyl (C=O) groups is 1. The number of amides is 1. The Labute approximate surface area is 73.1 Å². The van der Waals surface area contributed by atoms with Gasteiger partial charge in [0.25, 0.3) is 0 Å². The third kappa shape index (κ3) is 0.975. The summed E-state index contributed by atoms with van der Waals surface area (Å²) >= 11 is 0. The predicted molar refractivity (Wildman–Crippen MR) is 48.0 cm³/mol. The van der Waals surface area contributed by atoms with Crippen LogP contribution in [-0.2, 0) is 4.79 Å². The van der Waals surface area contributed by atoms with Crippen LogP contribution in [0.5, 0.6) is 0 Å². The van der Waals surface area contributed by atoms with Gasteiger partial charge in [-0.15, -0.1) is 0 Å². The van der Waals surface area contributed by atoms with E-state index in [1.165, 1.54) is 5.01 Å². The number of rotatable bonds is 0. The first kappa shape index (κ1) is 7.83. The third-order valence-corrected chi connectivity index (χ3v) is 2.56. The van der Waals surface area contributed by atoms with Crippen LogP contribution in [-0.4, -0.2) is 31.0 Å². The quantitative estimate of drug-likeness (QED) is 0.479. The van der Waals surface area contributed by atoms with Gasteiger partial charge >= 0.3 is 0 Å². The molecule has 2 unspecified atom stereocenters. The van der Waals surface area contributed by atoms with Gasteiger partial charge < -0.3 is 0 Å². The molecular weight excluding hydrogens is 151 g/mol. The minimum absolute atomic E-state index is 0.0625. The van der Waals surface area contributed by atoms with Crippen molar-refractivity contribution in [2.45, 2.75) is 19.1 Å². The van der Waals surface area contributed by atoms with Crippen LogP contribution in [0.4, 0.5) is 0 Å². The van der Waals surface area contributed by atoms with Crippen LogP contribution in [0.15, 0.2) is 5.10 Å². The van der Waals surface area contributed by atoms with Crippen molar-refractivity contribution in [3.8, 4) is 0 Å². The van der Waals surface area contributed by atoms with E-state index < -0.39 is 0 Å². The Bertz CT molecular complexity index is 251. The molecule has 2 atom stereocenters. The monoisotopic (exact) mass is 162 g/mol. The summed E-state index contributed by atoms with van der Waals surface area (Å²) in [5.74, 6) is 0.459. The fourth-order valence-corrected chi connectivity index (χ4v) is 1.92. The van der Waals surface area contributed by atoms with E-state index in [-0.39, 0.29) is 17.6 Å². The molecular formula is C8H11BN2O. The van der Waals surface area contributed by atoms with E-state index in [4.69, 9.17) is 0 Å². The number of carbonyl (C=O) groups excluding carboxylic acids is 1. The smallest absolute Gasteiger partial charge is 0.245 e. The van der Waals surface area contributed by atoms with Crippen molar-refractivity contribution in [3.05, 3.63) is 6.42 Å². The molecule has 0 aromatic rings. The van der Waals surface area contributed by atoms with Gasteiger partial charge in [-0.05, 0) is 19.2 Å². The Balaban J connectivity index is 2.31. The molecule has 1 amide bonds. The van der Waals surface area contributed by atoms with Crippen molar-refractivity contribution < 1.29 is 4.79 Å². The van der Waals surface area contributed by atoms with Crippen molar-refractivity contribution in [2.75, 3.05) is 7.05 Å². The first-order valence-electron chi connectivity index (χ1n) is 4.19. The van der Waals surface area contributed by atoms with Crippen LogP contribution >= 0.6 is 0 Å². The lowest BCUT2D eigenvalue weighted by atomic mass is 9.63. The summed E-state index contributed by atoms with van der Waals surface area (Å²) in [6.45, 7) is 1.98. The third-order valence-electron chi connectivity index (χ3n) is 2.56. The maximum atomic E-state index is 11.5. The van der Waals surface area contributed by atoms with Gasteiger partial charge in [0.2, 0.25) is 5.91 Å². The molecule has 2 heterocycles. The molecule has 1 fully saturated rings. The van der Waals surface area contributed by atoms with Gasteiger partial charge in [-0.2, -0.15) is 5.10 Å². The molecule has 0 aromatic heterocycles. The first-order valence-corrected chi connectivity index (χ1v) is 4.19. The average molecular weight is 162 g/mol. The molecule has 62 valence electrons. The summed E-state index contributed by atoms with van der Waals surface area (Å²) < 4.78 is 0. The highest BCUT2D eigenvalue weighted by atomic mass is 16.2. The maximum Gasteiger partial charge on any atom is 0.245 e. The summed E-state index contributed by atoms with van der Waals surface area (Å²) in [6, 6.07) is 0. The van der Waals surface area contributed by atoms with Crippen molar-refractivity contribution >= 4 is 18.9 Å². The molecule has 0 aliphatic carbocycles. The molecule has 2 aliphatic rings. The van der Waals surface area contributed by atoms with E-state index in [0.717, 1.165) is 12.0 Å². The fraction of sp³-hybridized carbons (Fsp3) is 0.625. The van der Waals surface area contributed by atoms with Crippen LogP contribution in [0.25, 0.3) is 0 Å². The average Bonchev–Trinajstić information content (AvgIpc) is 2.48. The molecule has 0 saturated carbocycles. The Morgan fingerprint density at radius 1 is 1.75 bits per heavy atom. The number of hydrazone groups is 1. The van der Waals surface area contributed by atoms with E-state index in [9.17, 15) is 4.79 Å². The van der Waals surface area contributed by atoms with Gasteiger partial charge in [0.05, 0.1) is 0 Å². The Morgan fingerprint density at radius 2 is 2.50 bits per heavy atom. The second-order valence-corrected chi connectivity index (χ2v) is 3.36. The van der Waals surface area contributed by atoms with Crippen molar-refractivity contribution in [1.29, 1.82) is 0 Å². The normalized spacial score (nSPS) is 34.3. The lowest BCUT2D eigenvalue weighted by Crippen LogP contribution is -2.37. The lowest BCUT2D eigenvalue weighted by molar-refractivity contribution is -0.133. The molecule has 0 aromatic carbocycles. The second kappa shape index (κ2) is 2.61. The zero-order valence-corrected chi connectivity index (χ0v) is 7.32. The Hall–Kier alpha value is -0.795. The highest BCUT2D eigenvalue weighted by Crippen LogP contribution is 2.35. The summed E-state index contributed by atoms with van der Waals surface area (Å²) in [6.07, 6.45) is 3.00. The minimum Gasteiger partial charge on any atom is -0.273 e. The molecule has 12 heavy (non-hydrogen) atoms. The highest BCUT2D eigenvalue weighted by molar-refractivity contribution is 6.48. The SMILES string of the molecule is CC1=NN(C)C(=O)C2[CH]C[B]C12. The van der Waals surface area contributed by atoms with Gasteiger partial charge in [-0.1, -0.05) is 6.32 Å². The molecule has 3 nitrogen and oxygen atoms in total. The van der Waals surface area contributed by atoms with Gasteiger partial charge in [-0.25, -0.2) is 5.01 Å². The van der Waals surface area contributed by atoms with Crippen molar-refractivity contribution in [2.24, 2.45) is 11.0 Å². The highest BCUT2D eigenvalue weighted by Gasteiger charge is 2.39.